The number of hydrogen-bond acceptors (Lipinski definition) is 4. The molecule has 1 saturated heterocycles. The van der Waals surface area contributed by atoms with Crippen LogP contribution in [0.15, 0.2) is 24.5 Å². The maximum Gasteiger partial charge on any atom is 0.243 e. The molecule has 2 heterocycles. The molecule has 1 aliphatic heterocycles. The van der Waals surface area contributed by atoms with Crippen molar-refractivity contribution in [2.45, 2.75) is 6.04 Å². The predicted octanol–water partition coefficient (Wildman–Crippen LogP) is 0.490. The summed E-state index contributed by atoms with van der Waals surface area (Å²) in [5.74, 6) is -0.0754. The molecule has 1 amide bonds. The minimum Gasteiger partial charge on any atom is -0.378 e. The van der Waals surface area contributed by atoms with Crippen molar-refractivity contribution >= 4 is 22.6 Å². The Bertz CT molecular complexity index is 560. The summed E-state index contributed by atoms with van der Waals surface area (Å²) in [4.78, 5) is 19.1. The van der Waals surface area contributed by atoms with Crippen molar-refractivity contribution < 1.29 is 9.53 Å². The van der Waals surface area contributed by atoms with Gasteiger partial charge in [0.25, 0.3) is 0 Å². The highest BCUT2D eigenvalue weighted by molar-refractivity contribution is 5.96. The van der Waals surface area contributed by atoms with E-state index in [0.29, 0.717) is 19.8 Å². The summed E-state index contributed by atoms with van der Waals surface area (Å²) in [7, 11) is 0. The molecule has 2 aromatic rings. The van der Waals surface area contributed by atoms with Crippen LogP contribution in [0.1, 0.15) is 0 Å². The molecule has 1 unspecified atom stereocenters. The van der Waals surface area contributed by atoms with E-state index in [2.05, 4.69) is 20.6 Å². The molecule has 0 spiro atoms. The summed E-state index contributed by atoms with van der Waals surface area (Å²) in [5.41, 5.74) is 2.54. The predicted molar refractivity (Wildman–Crippen MR) is 67.3 cm³/mol. The Morgan fingerprint density at radius 3 is 3.28 bits per heavy atom. The Hall–Kier alpha value is -1.92. The summed E-state index contributed by atoms with van der Waals surface area (Å²) in [6.45, 7) is 1.78. The topological polar surface area (TPSA) is 79.0 Å². The largest absolute Gasteiger partial charge is 0.378 e. The molecule has 1 fully saturated rings. The van der Waals surface area contributed by atoms with Gasteiger partial charge in [0.1, 0.15) is 6.04 Å². The van der Waals surface area contributed by atoms with Crippen LogP contribution in [0.4, 0.5) is 5.69 Å². The Kier molecular flexibility index (Phi) is 2.95. The van der Waals surface area contributed by atoms with Gasteiger partial charge in [-0.3, -0.25) is 4.79 Å². The van der Waals surface area contributed by atoms with E-state index in [1.54, 1.807) is 6.33 Å². The van der Waals surface area contributed by atoms with Crippen LogP contribution in [0.5, 0.6) is 0 Å². The second kappa shape index (κ2) is 4.75. The van der Waals surface area contributed by atoms with Crippen molar-refractivity contribution in [3.8, 4) is 0 Å². The van der Waals surface area contributed by atoms with E-state index in [1.807, 2.05) is 18.2 Å². The molecule has 0 aliphatic carbocycles. The third-order valence-corrected chi connectivity index (χ3v) is 2.93. The van der Waals surface area contributed by atoms with Gasteiger partial charge in [0, 0.05) is 12.2 Å². The highest BCUT2D eigenvalue weighted by atomic mass is 16.5. The lowest BCUT2D eigenvalue weighted by Crippen LogP contribution is -2.48. The zero-order chi connectivity index (χ0) is 12.4. The molecular formula is C12H14N4O2. The highest BCUT2D eigenvalue weighted by Crippen LogP contribution is 2.15. The summed E-state index contributed by atoms with van der Waals surface area (Å²) >= 11 is 0. The smallest absolute Gasteiger partial charge is 0.243 e. The summed E-state index contributed by atoms with van der Waals surface area (Å²) < 4.78 is 5.26. The van der Waals surface area contributed by atoms with Crippen LogP contribution in [0.2, 0.25) is 0 Å². The van der Waals surface area contributed by atoms with E-state index in [0.717, 1.165) is 16.7 Å². The number of H-pyrrole nitrogens is 1. The number of anilines is 1. The van der Waals surface area contributed by atoms with E-state index in [4.69, 9.17) is 4.74 Å². The van der Waals surface area contributed by atoms with E-state index in [9.17, 15) is 4.79 Å². The normalized spacial score (nSPS) is 19.9. The van der Waals surface area contributed by atoms with Gasteiger partial charge in [0.05, 0.1) is 30.6 Å². The standard InChI is InChI=1S/C12H14N4O2/c17-12(11-6-18-4-3-13-11)16-8-1-2-9-10(5-8)15-7-14-9/h1-2,5,7,11,13H,3-4,6H2,(H,14,15)(H,16,17). The number of fused-ring (bicyclic) bond motifs is 1. The Morgan fingerprint density at radius 1 is 1.50 bits per heavy atom. The van der Waals surface area contributed by atoms with E-state index in [-0.39, 0.29) is 11.9 Å². The van der Waals surface area contributed by atoms with E-state index < -0.39 is 0 Å². The average molecular weight is 246 g/mol. The molecule has 18 heavy (non-hydrogen) atoms. The first-order valence-corrected chi connectivity index (χ1v) is 5.88. The van der Waals surface area contributed by atoms with E-state index in [1.165, 1.54) is 0 Å². The minimum atomic E-state index is -0.281. The monoisotopic (exact) mass is 246 g/mol. The number of benzene rings is 1. The summed E-state index contributed by atoms with van der Waals surface area (Å²) in [5, 5.41) is 5.98. The molecule has 1 aliphatic rings. The number of morpholine rings is 1. The number of aromatic nitrogens is 2. The van der Waals surface area contributed by atoms with Crippen molar-refractivity contribution in [3.63, 3.8) is 0 Å². The Balaban J connectivity index is 1.72. The number of ether oxygens (including phenoxy) is 1. The lowest BCUT2D eigenvalue weighted by Gasteiger charge is -2.22. The van der Waals surface area contributed by atoms with Crippen molar-refractivity contribution in [2.75, 3.05) is 25.1 Å². The summed E-state index contributed by atoms with van der Waals surface area (Å²) in [6.07, 6.45) is 1.63. The molecule has 94 valence electrons. The molecule has 3 rings (SSSR count). The molecule has 0 radical (unpaired) electrons. The van der Waals surface area contributed by atoms with Crippen molar-refractivity contribution in [3.05, 3.63) is 24.5 Å². The van der Waals surface area contributed by atoms with Gasteiger partial charge in [-0.2, -0.15) is 0 Å². The first-order valence-electron chi connectivity index (χ1n) is 5.88. The van der Waals surface area contributed by atoms with Gasteiger partial charge in [-0.15, -0.1) is 0 Å². The van der Waals surface area contributed by atoms with Crippen LogP contribution < -0.4 is 10.6 Å². The fourth-order valence-electron chi connectivity index (χ4n) is 1.98. The minimum absolute atomic E-state index is 0.0754. The second-order valence-electron chi connectivity index (χ2n) is 4.21. The first-order chi connectivity index (χ1) is 8.83. The Labute approximate surface area is 104 Å². The van der Waals surface area contributed by atoms with Crippen LogP contribution >= 0.6 is 0 Å². The van der Waals surface area contributed by atoms with Gasteiger partial charge in [-0.1, -0.05) is 0 Å². The van der Waals surface area contributed by atoms with Gasteiger partial charge in [0.2, 0.25) is 5.91 Å². The molecule has 3 N–H and O–H groups in total. The highest BCUT2D eigenvalue weighted by Gasteiger charge is 2.21. The second-order valence-corrected chi connectivity index (χ2v) is 4.21. The number of aromatic amines is 1. The quantitative estimate of drug-likeness (QED) is 0.720. The fraction of sp³-hybridized carbons (Fsp3) is 0.333. The molecule has 6 heteroatoms. The van der Waals surface area contributed by atoms with Crippen LogP contribution in [-0.2, 0) is 9.53 Å². The number of rotatable bonds is 2. The lowest BCUT2D eigenvalue weighted by molar-refractivity contribution is -0.120. The number of nitrogens with one attached hydrogen (secondary N) is 3. The third-order valence-electron chi connectivity index (χ3n) is 2.93. The van der Waals surface area contributed by atoms with Gasteiger partial charge in [-0.25, -0.2) is 4.98 Å². The van der Waals surface area contributed by atoms with Crippen molar-refractivity contribution in [2.24, 2.45) is 0 Å². The Morgan fingerprint density at radius 2 is 2.44 bits per heavy atom. The van der Waals surface area contributed by atoms with Crippen LogP contribution in [0.25, 0.3) is 11.0 Å². The zero-order valence-electron chi connectivity index (χ0n) is 9.77. The molecule has 0 saturated carbocycles. The summed E-state index contributed by atoms with van der Waals surface area (Å²) in [6, 6.07) is 5.29. The molecule has 0 bridgehead atoms. The van der Waals surface area contributed by atoms with Gasteiger partial charge < -0.3 is 20.4 Å². The number of carbonyl (C=O) groups excluding carboxylic acids is 1. The molecule has 1 aromatic heterocycles. The number of amides is 1. The number of hydrogen-bond donors (Lipinski definition) is 3. The van der Waals surface area contributed by atoms with Crippen LogP contribution in [0, 0.1) is 0 Å². The SMILES string of the molecule is O=C(Nc1ccc2nc[nH]c2c1)C1COCCN1. The number of imidazole rings is 1. The zero-order valence-corrected chi connectivity index (χ0v) is 9.77. The molecule has 1 atom stereocenters. The maximum atomic E-state index is 12.0. The average Bonchev–Trinajstić information content (AvgIpc) is 2.87. The van der Waals surface area contributed by atoms with Crippen molar-refractivity contribution in [1.82, 2.24) is 15.3 Å². The van der Waals surface area contributed by atoms with Crippen molar-refractivity contribution in [1.29, 1.82) is 0 Å². The van der Waals surface area contributed by atoms with E-state index >= 15 is 0 Å². The van der Waals surface area contributed by atoms with Gasteiger partial charge >= 0.3 is 0 Å². The molecule has 1 aromatic carbocycles. The molecular weight excluding hydrogens is 232 g/mol. The van der Waals surface area contributed by atoms with Gasteiger partial charge in [-0.05, 0) is 18.2 Å². The lowest BCUT2D eigenvalue weighted by atomic mass is 10.2. The third kappa shape index (κ3) is 2.20. The number of carbonyl (C=O) groups is 1. The van der Waals surface area contributed by atoms with Crippen LogP contribution in [-0.4, -0.2) is 41.7 Å². The maximum absolute atomic E-state index is 12.0. The van der Waals surface area contributed by atoms with Gasteiger partial charge in [0.15, 0.2) is 0 Å². The molecule has 6 nitrogen and oxygen atoms in total. The van der Waals surface area contributed by atoms with Crippen LogP contribution in [0.3, 0.4) is 0 Å². The fourth-order valence-corrected chi connectivity index (χ4v) is 1.98. The first kappa shape index (κ1) is 11.2. The number of nitrogens with zero attached hydrogens (tertiary/aromatic N) is 1.